The average molecular weight is 247 g/mol. The van der Waals surface area contributed by atoms with Gasteiger partial charge in [-0.3, -0.25) is 0 Å². The smallest absolute Gasteiger partial charge is 0.123 e. The van der Waals surface area contributed by atoms with Crippen LogP contribution in [0.25, 0.3) is 0 Å². The van der Waals surface area contributed by atoms with Crippen LogP contribution in [0.4, 0.5) is 5.82 Å². The molecule has 1 unspecified atom stereocenters. The molecule has 0 bridgehead atoms. The molecule has 0 spiro atoms. The summed E-state index contributed by atoms with van der Waals surface area (Å²) in [7, 11) is 0. The number of nitrogens with zero attached hydrogens (tertiary/aromatic N) is 1. The van der Waals surface area contributed by atoms with Crippen LogP contribution in [0.2, 0.25) is 0 Å². The standard InChI is InChI=1S/C15H25N3/c1-2-7-15(8-4-3-5-9-18-15)12-13-6-10-17-14(16)11-13/h6,10-11,18H,2-5,7-9,12H2,1H3,(H2,16,17). The maximum Gasteiger partial charge on any atom is 0.123 e. The van der Waals surface area contributed by atoms with Gasteiger partial charge < -0.3 is 11.1 Å². The van der Waals surface area contributed by atoms with E-state index in [1.54, 1.807) is 0 Å². The van der Waals surface area contributed by atoms with E-state index in [1.807, 2.05) is 12.3 Å². The van der Waals surface area contributed by atoms with Crippen molar-refractivity contribution in [1.82, 2.24) is 10.3 Å². The van der Waals surface area contributed by atoms with Crippen LogP contribution >= 0.6 is 0 Å². The van der Waals surface area contributed by atoms with E-state index in [-0.39, 0.29) is 5.54 Å². The first-order valence-electron chi connectivity index (χ1n) is 7.19. The lowest BCUT2D eigenvalue weighted by molar-refractivity contribution is 0.288. The molecular formula is C15H25N3. The quantitative estimate of drug-likeness (QED) is 0.860. The molecule has 0 aliphatic carbocycles. The number of hydrogen-bond donors (Lipinski definition) is 2. The Kier molecular flexibility index (Phi) is 4.59. The number of nitrogens with two attached hydrogens (primary N) is 1. The van der Waals surface area contributed by atoms with Crippen molar-refractivity contribution in [2.24, 2.45) is 0 Å². The van der Waals surface area contributed by atoms with Crippen LogP contribution in [-0.4, -0.2) is 17.1 Å². The summed E-state index contributed by atoms with van der Waals surface area (Å²) < 4.78 is 0. The fraction of sp³-hybridized carbons (Fsp3) is 0.667. The predicted molar refractivity (Wildman–Crippen MR) is 76.5 cm³/mol. The maximum atomic E-state index is 5.78. The SMILES string of the molecule is CCCC1(Cc2ccnc(N)c2)CCCCCN1. The highest BCUT2D eigenvalue weighted by Gasteiger charge is 2.29. The Morgan fingerprint density at radius 1 is 1.39 bits per heavy atom. The highest BCUT2D eigenvalue weighted by Crippen LogP contribution is 2.28. The van der Waals surface area contributed by atoms with Gasteiger partial charge in [-0.25, -0.2) is 4.98 Å². The lowest BCUT2D eigenvalue weighted by Gasteiger charge is -2.34. The van der Waals surface area contributed by atoms with Gasteiger partial charge >= 0.3 is 0 Å². The van der Waals surface area contributed by atoms with Gasteiger partial charge in [-0.15, -0.1) is 0 Å². The molecule has 3 N–H and O–H groups in total. The van der Waals surface area contributed by atoms with Crippen LogP contribution in [0.15, 0.2) is 18.3 Å². The van der Waals surface area contributed by atoms with Gasteiger partial charge in [-0.2, -0.15) is 0 Å². The summed E-state index contributed by atoms with van der Waals surface area (Å²) in [4.78, 5) is 4.08. The summed E-state index contributed by atoms with van der Waals surface area (Å²) in [6.07, 6.45) is 10.7. The van der Waals surface area contributed by atoms with Crippen LogP contribution < -0.4 is 11.1 Å². The Balaban J connectivity index is 2.13. The normalized spacial score (nSPS) is 24.7. The second-order valence-electron chi connectivity index (χ2n) is 5.53. The van der Waals surface area contributed by atoms with E-state index >= 15 is 0 Å². The third kappa shape index (κ3) is 3.45. The minimum atomic E-state index is 0.277. The van der Waals surface area contributed by atoms with Crippen molar-refractivity contribution in [2.45, 2.75) is 57.4 Å². The van der Waals surface area contributed by atoms with Crippen LogP contribution in [0.3, 0.4) is 0 Å². The summed E-state index contributed by atoms with van der Waals surface area (Å²) in [6, 6.07) is 4.12. The van der Waals surface area contributed by atoms with Gasteiger partial charge in [0.15, 0.2) is 0 Å². The Morgan fingerprint density at radius 3 is 3.06 bits per heavy atom. The van der Waals surface area contributed by atoms with E-state index in [0.29, 0.717) is 5.82 Å². The summed E-state index contributed by atoms with van der Waals surface area (Å²) in [6.45, 7) is 3.43. The fourth-order valence-electron chi connectivity index (χ4n) is 3.13. The monoisotopic (exact) mass is 247 g/mol. The van der Waals surface area contributed by atoms with Crippen LogP contribution in [-0.2, 0) is 6.42 Å². The molecule has 1 aliphatic rings. The molecule has 0 saturated carbocycles. The fourth-order valence-corrected chi connectivity index (χ4v) is 3.13. The zero-order chi connectivity index (χ0) is 12.8. The first kappa shape index (κ1) is 13.3. The van der Waals surface area contributed by atoms with Crippen molar-refractivity contribution in [2.75, 3.05) is 12.3 Å². The van der Waals surface area contributed by atoms with Crippen molar-refractivity contribution >= 4 is 5.82 Å². The second-order valence-corrected chi connectivity index (χ2v) is 5.53. The van der Waals surface area contributed by atoms with Gasteiger partial charge in [0.1, 0.15) is 5.82 Å². The molecule has 2 rings (SSSR count). The van der Waals surface area contributed by atoms with Crippen LogP contribution in [0.5, 0.6) is 0 Å². The number of nitrogens with one attached hydrogen (secondary N) is 1. The Hall–Kier alpha value is -1.09. The van der Waals surface area contributed by atoms with E-state index in [1.165, 1.54) is 44.1 Å². The largest absolute Gasteiger partial charge is 0.384 e. The number of rotatable bonds is 4. The van der Waals surface area contributed by atoms with Crippen molar-refractivity contribution in [3.05, 3.63) is 23.9 Å². The van der Waals surface area contributed by atoms with Gasteiger partial charge in [0.05, 0.1) is 0 Å². The topological polar surface area (TPSA) is 50.9 Å². The molecule has 1 aromatic rings. The number of anilines is 1. The van der Waals surface area contributed by atoms with E-state index in [9.17, 15) is 0 Å². The van der Waals surface area contributed by atoms with Crippen LogP contribution in [0.1, 0.15) is 51.0 Å². The second kappa shape index (κ2) is 6.19. The van der Waals surface area contributed by atoms with Crippen molar-refractivity contribution in [1.29, 1.82) is 0 Å². The third-order valence-corrected chi connectivity index (χ3v) is 3.95. The van der Waals surface area contributed by atoms with Crippen molar-refractivity contribution in [3.8, 4) is 0 Å². The zero-order valence-corrected chi connectivity index (χ0v) is 11.4. The van der Waals surface area contributed by atoms with Crippen molar-refractivity contribution in [3.63, 3.8) is 0 Å². The van der Waals surface area contributed by atoms with Gasteiger partial charge in [0.25, 0.3) is 0 Å². The minimum Gasteiger partial charge on any atom is -0.384 e. The van der Waals surface area contributed by atoms with E-state index in [2.05, 4.69) is 23.3 Å². The maximum absolute atomic E-state index is 5.78. The number of nitrogen functional groups attached to an aromatic ring is 1. The minimum absolute atomic E-state index is 0.277. The molecule has 0 aromatic carbocycles. The van der Waals surface area contributed by atoms with Crippen LogP contribution in [0, 0.1) is 0 Å². The molecule has 0 amide bonds. The van der Waals surface area contributed by atoms with E-state index < -0.39 is 0 Å². The Labute approximate surface area is 110 Å². The first-order valence-corrected chi connectivity index (χ1v) is 7.19. The van der Waals surface area contributed by atoms with Gasteiger partial charge in [-0.1, -0.05) is 26.2 Å². The van der Waals surface area contributed by atoms with E-state index in [0.717, 1.165) is 13.0 Å². The molecule has 1 atom stereocenters. The molecule has 3 heteroatoms. The van der Waals surface area contributed by atoms with E-state index in [4.69, 9.17) is 5.73 Å². The average Bonchev–Trinajstić information content (AvgIpc) is 2.55. The predicted octanol–water partition coefficient (Wildman–Crippen LogP) is 2.91. The molecule has 1 aliphatic heterocycles. The molecule has 3 nitrogen and oxygen atoms in total. The molecule has 100 valence electrons. The summed E-state index contributed by atoms with van der Waals surface area (Å²) in [5.74, 6) is 0.632. The molecule has 1 saturated heterocycles. The Morgan fingerprint density at radius 2 is 2.28 bits per heavy atom. The first-order chi connectivity index (χ1) is 8.74. The summed E-state index contributed by atoms with van der Waals surface area (Å²) in [5, 5.41) is 3.80. The molecule has 2 heterocycles. The third-order valence-electron chi connectivity index (χ3n) is 3.95. The highest BCUT2D eigenvalue weighted by atomic mass is 15.0. The molecule has 18 heavy (non-hydrogen) atoms. The van der Waals surface area contributed by atoms with Gasteiger partial charge in [0.2, 0.25) is 0 Å². The number of hydrogen-bond acceptors (Lipinski definition) is 3. The lowest BCUT2D eigenvalue weighted by atomic mass is 9.83. The number of aromatic nitrogens is 1. The zero-order valence-electron chi connectivity index (χ0n) is 11.4. The lowest BCUT2D eigenvalue weighted by Crippen LogP contribution is -2.46. The molecular weight excluding hydrogens is 222 g/mol. The summed E-state index contributed by atoms with van der Waals surface area (Å²) >= 11 is 0. The van der Waals surface area contributed by atoms with Gasteiger partial charge in [0, 0.05) is 11.7 Å². The molecule has 1 aromatic heterocycles. The Bertz CT molecular complexity index is 368. The highest BCUT2D eigenvalue weighted by molar-refractivity contribution is 5.32. The number of pyridine rings is 1. The molecule has 0 radical (unpaired) electrons. The summed E-state index contributed by atoms with van der Waals surface area (Å²) in [5.41, 5.74) is 7.37. The molecule has 1 fully saturated rings. The van der Waals surface area contributed by atoms with Crippen molar-refractivity contribution < 1.29 is 0 Å². The van der Waals surface area contributed by atoms with Gasteiger partial charge in [-0.05, 0) is 49.9 Å².